The highest BCUT2D eigenvalue weighted by Crippen LogP contribution is 2.61. The van der Waals surface area contributed by atoms with E-state index in [0.29, 0.717) is 12.5 Å². The standard InChI is InChI=1S/C14H23NO3/c1-5-18-12(16)8-15-11-7-9-6-10(13(9,2)3)14(11,4)17/h9-10,17H,5-8H2,1-4H3/t9-,10-,14+/m0/s1. The minimum Gasteiger partial charge on any atom is -0.465 e. The van der Waals surface area contributed by atoms with Gasteiger partial charge < -0.3 is 9.84 Å². The normalized spacial score (nSPS) is 39.3. The Morgan fingerprint density at radius 1 is 1.50 bits per heavy atom. The Morgan fingerprint density at radius 3 is 2.67 bits per heavy atom. The van der Waals surface area contributed by atoms with Gasteiger partial charge in [-0.2, -0.15) is 0 Å². The topological polar surface area (TPSA) is 58.9 Å². The van der Waals surface area contributed by atoms with Crippen molar-refractivity contribution in [2.45, 2.75) is 46.1 Å². The molecule has 0 aliphatic heterocycles. The number of aliphatic imine (C=N–C) groups is 1. The number of carbonyl (C=O) groups excluding carboxylic acids is 1. The predicted octanol–water partition coefficient (Wildman–Crippen LogP) is 1.81. The molecule has 0 heterocycles. The number of hydrogen-bond donors (Lipinski definition) is 1. The zero-order chi connectivity index (χ0) is 13.6. The van der Waals surface area contributed by atoms with Crippen LogP contribution in [-0.2, 0) is 9.53 Å². The Bertz CT molecular complexity index is 385. The fourth-order valence-corrected chi connectivity index (χ4v) is 3.55. The van der Waals surface area contributed by atoms with Crippen LogP contribution >= 0.6 is 0 Å². The van der Waals surface area contributed by atoms with E-state index in [1.54, 1.807) is 6.92 Å². The summed E-state index contributed by atoms with van der Waals surface area (Å²) in [6, 6.07) is 0. The molecule has 102 valence electrons. The van der Waals surface area contributed by atoms with Gasteiger partial charge in [0.2, 0.25) is 0 Å². The lowest BCUT2D eigenvalue weighted by Gasteiger charge is -2.62. The van der Waals surface area contributed by atoms with Crippen LogP contribution in [0.25, 0.3) is 0 Å². The fourth-order valence-electron chi connectivity index (χ4n) is 3.55. The Balaban J connectivity index is 2.08. The van der Waals surface area contributed by atoms with E-state index in [2.05, 4.69) is 18.8 Å². The third-order valence-electron chi connectivity index (χ3n) is 4.88. The molecule has 3 atom stereocenters. The van der Waals surface area contributed by atoms with Gasteiger partial charge in [-0.3, -0.25) is 9.79 Å². The summed E-state index contributed by atoms with van der Waals surface area (Å²) in [7, 11) is 0. The number of aliphatic hydroxyl groups is 1. The maximum Gasteiger partial charge on any atom is 0.327 e. The highest BCUT2D eigenvalue weighted by atomic mass is 16.5. The lowest BCUT2D eigenvalue weighted by molar-refractivity contribution is -0.141. The van der Waals surface area contributed by atoms with E-state index in [-0.39, 0.29) is 23.8 Å². The molecule has 3 fully saturated rings. The molecule has 0 spiro atoms. The van der Waals surface area contributed by atoms with Gasteiger partial charge in [0.05, 0.1) is 6.61 Å². The van der Waals surface area contributed by atoms with E-state index in [1.807, 2.05) is 6.92 Å². The second kappa shape index (κ2) is 4.34. The average Bonchev–Trinajstić information content (AvgIpc) is 2.26. The van der Waals surface area contributed by atoms with E-state index in [4.69, 9.17) is 4.74 Å². The Hall–Kier alpha value is -0.900. The molecular weight excluding hydrogens is 230 g/mol. The zero-order valence-corrected chi connectivity index (χ0v) is 11.7. The zero-order valence-electron chi connectivity index (χ0n) is 11.7. The smallest absolute Gasteiger partial charge is 0.327 e. The van der Waals surface area contributed by atoms with Crippen LogP contribution in [0.3, 0.4) is 0 Å². The van der Waals surface area contributed by atoms with Crippen molar-refractivity contribution in [3.8, 4) is 0 Å². The summed E-state index contributed by atoms with van der Waals surface area (Å²) in [6.07, 6.45) is 1.87. The van der Waals surface area contributed by atoms with Crippen molar-refractivity contribution in [1.29, 1.82) is 0 Å². The predicted molar refractivity (Wildman–Crippen MR) is 69.6 cm³/mol. The van der Waals surface area contributed by atoms with E-state index < -0.39 is 5.60 Å². The highest BCUT2D eigenvalue weighted by molar-refractivity contribution is 5.95. The van der Waals surface area contributed by atoms with E-state index >= 15 is 0 Å². The van der Waals surface area contributed by atoms with Crippen LogP contribution in [0.1, 0.15) is 40.5 Å². The van der Waals surface area contributed by atoms with Crippen molar-refractivity contribution in [2.75, 3.05) is 13.2 Å². The van der Waals surface area contributed by atoms with Crippen LogP contribution in [-0.4, -0.2) is 35.5 Å². The Kier molecular flexibility index (Phi) is 3.26. The van der Waals surface area contributed by atoms with E-state index in [1.165, 1.54) is 0 Å². The first-order valence-corrected chi connectivity index (χ1v) is 6.72. The SMILES string of the molecule is CCOC(=O)CN=C1C[C@@H]2C[C@@H](C2(C)C)[C@@]1(C)O. The van der Waals surface area contributed by atoms with Gasteiger partial charge in [0.25, 0.3) is 0 Å². The van der Waals surface area contributed by atoms with Gasteiger partial charge in [-0.1, -0.05) is 13.8 Å². The number of rotatable bonds is 3. The summed E-state index contributed by atoms with van der Waals surface area (Å²) in [6.45, 7) is 8.43. The summed E-state index contributed by atoms with van der Waals surface area (Å²) >= 11 is 0. The number of ether oxygens (including phenoxy) is 1. The number of hydrogen-bond acceptors (Lipinski definition) is 4. The summed E-state index contributed by atoms with van der Waals surface area (Å²) < 4.78 is 4.85. The van der Waals surface area contributed by atoms with Crippen LogP contribution in [0.5, 0.6) is 0 Å². The van der Waals surface area contributed by atoms with Crippen molar-refractivity contribution < 1.29 is 14.6 Å². The van der Waals surface area contributed by atoms with Gasteiger partial charge in [-0.15, -0.1) is 0 Å². The van der Waals surface area contributed by atoms with Crippen LogP contribution in [0.4, 0.5) is 0 Å². The second-order valence-electron chi connectivity index (χ2n) is 6.23. The first-order valence-electron chi connectivity index (χ1n) is 6.72. The molecule has 0 saturated heterocycles. The van der Waals surface area contributed by atoms with Gasteiger partial charge in [-0.05, 0) is 43.9 Å². The van der Waals surface area contributed by atoms with Crippen molar-refractivity contribution in [2.24, 2.45) is 22.2 Å². The van der Waals surface area contributed by atoms with Crippen molar-refractivity contribution in [3.05, 3.63) is 0 Å². The molecule has 3 rings (SSSR count). The summed E-state index contributed by atoms with van der Waals surface area (Å²) in [5.74, 6) is 0.521. The molecule has 0 unspecified atom stereocenters. The van der Waals surface area contributed by atoms with Gasteiger partial charge in [-0.25, -0.2) is 0 Å². The first kappa shape index (κ1) is 13.5. The molecule has 0 aromatic carbocycles. The number of fused-ring (bicyclic) bond motifs is 2. The Morgan fingerprint density at radius 2 is 2.17 bits per heavy atom. The number of carbonyl (C=O) groups is 1. The third-order valence-corrected chi connectivity index (χ3v) is 4.88. The fraction of sp³-hybridized carbons (Fsp3) is 0.857. The molecule has 3 saturated carbocycles. The summed E-state index contributed by atoms with van der Waals surface area (Å²) in [5.41, 5.74) is 0.0909. The lowest BCUT2D eigenvalue weighted by Crippen LogP contribution is -2.64. The van der Waals surface area contributed by atoms with Crippen molar-refractivity contribution in [1.82, 2.24) is 0 Å². The molecule has 2 bridgehead atoms. The van der Waals surface area contributed by atoms with Crippen molar-refractivity contribution >= 4 is 11.7 Å². The van der Waals surface area contributed by atoms with Crippen LogP contribution in [0, 0.1) is 17.3 Å². The van der Waals surface area contributed by atoms with Gasteiger partial charge in [0.1, 0.15) is 12.1 Å². The lowest BCUT2D eigenvalue weighted by atomic mass is 9.44. The molecule has 3 aliphatic carbocycles. The average molecular weight is 253 g/mol. The summed E-state index contributed by atoms with van der Waals surface area (Å²) in [4.78, 5) is 15.6. The summed E-state index contributed by atoms with van der Waals surface area (Å²) in [5, 5.41) is 10.6. The molecule has 18 heavy (non-hydrogen) atoms. The van der Waals surface area contributed by atoms with E-state index in [0.717, 1.165) is 18.6 Å². The molecule has 0 aromatic heterocycles. The van der Waals surface area contributed by atoms with Crippen LogP contribution in [0.2, 0.25) is 0 Å². The maximum absolute atomic E-state index is 11.3. The monoisotopic (exact) mass is 253 g/mol. The number of nitrogens with zero attached hydrogens (tertiary/aromatic N) is 1. The largest absolute Gasteiger partial charge is 0.465 e. The van der Waals surface area contributed by atoms with Crippen LogP contribution in [0.15, 0.2) is 4.99 Å². The molecule has 4 nitrogen and oxygen atoms in total. The van der Waals surface area contributed by atoms with Crippen LogP contribution < -0.4 is 0 Å². The second-order valence-corrected chi connectivity index (χ2v) is 6.23. The van der Waals surface area contributed by atoms with E-state index in [9.17, 15) is 9.90 Å². The Labute approximate surface area is 108 Å². The van der Waals surface area contributed by atoms with Gasteiger partial charge in [0.15, 0.2) is 0 Å². The van der Waals surface area contributed by atoms with Gasteiger partial charge >= 0.3 is 5.97 Å². The quantitative estimate of drug-likeness (QED) is 0.780. The maximum atomic E-state index is 11.3. The first-order chi connectivity index (χ1) is 8.30. The molecule has 1 N–H and O–H groups in total. The molecule has 0 aromatic rings. The van der Waals surface area contributed by atoms with Crippen molar-refractivity contribution in [3.63, 3.8) is 0 Å². The minimum absolute atomic E-state index is 0.0270. The third kappa shape index (κ3) is 1.96. The molecule has 0 amide bonds. The van der Waals surface area contributed by atoms with Gasteiger partial charge in [0, 0.05) is 5.71 Å². The number of esters is 1. The molecule has 0 radical (unpaired) electrons. The minimum atomic E-state index is -0.870. The molecule has 3 aliphatic rings. The highest BCUT2D eigenvalue weighted by Gasteiger charge is 2.61. The molecule has 4 heteroatoms. The molecular formula is C14H23NO3.